The first-order valence-corrected chi connectivity index (χ1v) is 9.04. The number of rotatable bonds is 5. The largest absolute Gasteiger partial charge is 0.497 e. The van der Waals surface area contributed by atoms with E-state index in [0.29, 0.717) is 28.6 Å². The number of amides is 1. The molecule has 0 radical (unpaired) electrons. The number of H-pyrrole nitrogens is 2. The molecular formula is C21H21N5O3. The lowest BCUT2D eigenvalue weighted by Gasteiger charge is -2.07. The van der Waals surface area contributed by atoms with Crippen molar-refractivity contribution in [2.45, 2.75) is 13.8 Å². The van der Waals surface area contributed by atoms with Gasteiger partial charge in [0.1, 0.15) is 17.2 Å². The summed E-state index contributed by atoms with van der Waals surface area (Å²) in [5.41, 5.74) is 4.32. The summed E-state index contributed by atoms with van der Waals surface area (Å²) in [4.78, 5) is 20.2. The molecule has 148 valence electrons. The van der Waals surface area contributed by atoms with Crippen LogP contribution in [0.5, 0.6) is 11.5 Å². The third kappa shape index (κ3) is 3.52. The molecule has 0 atom stereocenters. The molecule has 1 amide bonds. The number of hydrogen-bond donors (Lipinski definition) is 3. The Morgan fingerprint density at radius 2 is 1.90 bits per heavy atom. The van der Waals surface area contributed by atoms with Crippen LogP contribution in [0.4, 0.5) is 5.95 Å². The quantitative estimate of drug-likeness (QED) is 0.479. The molecule has 8 heteroatoms. The first kappa shape index (κ1) is 18.5. The van der Waals surface area contributed by atoms with Crippen molar-refractivity contribution in [3.63, 3.8) is 0 Å². The average molecular weight is 391 g/mol. The summed E-state index contributed by atoms with van der Waals surface area (Å²) in [5, 5.41) is 10.6. The predicted molar refractivity (Wildman–Crippen MR) is 111 cm³/mol. The van der Waals surface area contributed by atoms with Crippen LogP contribution in [0.2, 0.25) is 0 Å². The smallest absolute Gasteiger partial charge is 0.274 e. The van der Waals surface area contributed by atoms with Gasteiger partial charge in [0.2, 0.25) is 5.95 Å². The van der Waals surface area contributed by atoms with Crippen LogP contribution < -0.4 is 14.8 Å². The van der Waals surface area contributed by atoms with E-state index in [-0.39, 0.29) is 11.9 Å². The molecule has 0 fully saturated rings. The van der Waals surface area contributed by atoms with Crippen molar-refractivity contribution in [3.05, 3.63) is 53.2 Å². The maximum absolute atomic E-state index is 12.7. The zero-order valence-corrected chi connectivity index (χ0v) is 16.6. The maximum Gasteiger partial charge on any atom is 0.274 e. The molecule has 29 heavy (non-hydrogen) atoms. The van der Waals surface area contributed by atoms with Gasteiger partial charge in [-0.1, -0.05) is 6.07 Å². The minimum Gasteiger partial charge on any atom is -0.497 e. The van der Waals surface area contributed by atoms with Gasteiger partial charge in [-0.25, -0.2) is 0 Å². The Hall–Kier alpha value is -3.81. The summed E-state index contributed by atoms with van der Waals surface area (Å²) in [6.45, 7) is 4.05. The highest BCUT2D eigenvalue weighted by molar-refractivity contribution is 6.05. The number of ether oxygens (including phenoxy) is 2. The van der Waals surface area contributed by atoms with Gasteiger partial charge in [-0.05, 0) is 49.2 Å². The molecule has 8 nitrogen and oxygen atoms in total. The third-order valence-corrected chi connectivity index (χ3v) is 4.71. The Kier molecular flexibility index (Phi) is 4.67. The predicted octanol–water partition coefficient (Wildman–Crippen LogP) is 3.84. The van der Waals surface area contributed by atoms with Crippen LogP contribution >= 0.6 is 0 Å². The number of hydrogen-bond acceptors (Lipinski definition) is 5. The minimum atomic E-state index is -0.314. The van der Waals surface area contributed by atoms with Gasteiger partial charge in [-0.15, -0.1) is 5.10 Å². The first-order valence-electron chi connectivity index (χ1n) is 9.04. The lowest BCUT2D eigenvalue weighted by atomic mass is 10.1. The van der Waals surface area contributed by atoms with Crippen molar-refractivity contribution in [2.24, 2.45) is 0 Å². The Bertz CT molecular complexity index is 1210. The van der Waals surface area contributed by atoms with Crippen LogP contribution in [0, 0.1) is 13.8 Å². The number of carbonyl (C=O) groups excluding carboxylic acids is 1. The van der Waals surface area contributed by atoms with Gasteiger partial charge >= 0.3 is 0 Å². The molecule has 0 bridgehead atoms. The molecule has 2 aromatic heterocycles. The van der Waals surface area contributed by atoms with Crippen LogP contribution in [0.25, 0.3) is 22.3 Å². The molecule has 0 aliphatic carbocycles. The van der Waals surface area contributed by atoms with Gasteiger partial charge in [0.05, 0.1) is 19.8 Å². The zero-order valence-electron chi connectivity index (χ0n) is 16.6. The number of aromatic amines is 2. The molecule has 4 rings (SSSR count). The second kappa shape index (κ2) is 7.31. The second-order valence-corrected chi connectivity index (χ2v) is 6.75. The van der Waals surface area contributed by atoms with E-state index in [0.717, 1.165) is 22.0 Å². The van der Waals surface area contributed by atoms with Gasteiger partial charge in [0, 0.05) is 17.0 Å². The molecule has 0 aliphatic heterocycles. The van der Waals surface area contributed by atoms with E-state index >= 15 is 0 Å². The summed E-state index contributed by atoms with van der Waals surface area (Å²) >= 11 is 0. The molecule has 3 N–H and O–H groups in total. The summed E-state index contributed by atoms with van der Waals surface area (Å²) in [6, 6.07) is 11.3. The van der Waals surface area contributed by atoms with Crippen molar-refractivity contribution in [1.29, 1.82) is 0 Å². The Morgan fingerprint density at radius 3 is 2.66 bits per heavy atom. The summed E-state index contributed by atoms with van der Waals surface area (Å²) in [7, 11) is 3.15. The summed E-state index contributed by atoms with van der Waals surface area (Å²) in [5.74, 6) is 1.59. The number of fused-ring (bicyclic) bond motifs is 1. The number of carbonyl (C=O) groups is 1. The highest BCUT2D eigenvalue weighted by Crippen LogP contribution is 2.31. The monoisotopic (exact) mass is 391 g/mol. The highest BCUT2D eigenvalue weighted by Gasteiger charge is 2.16. The van der Waals surface area contributed by atoms with Crippen molar-refractivity contribution < 1.29 is 14.3 Å². The second-order valence-electron chi connectivity index (χ2n) is 6.75. The number of nitrogens with one attached hydrogen (secondary N) is 3. The van der Waals surface area contributed by atoms with E-state index < -0.39 is 0 Å². The standard InChI is InChI=1S/C21H21N5O3/c1-11-7-12(2)15-10-17(22-16(15)8-11)20(27)24-21-23-19(25-26-21)14-6-5-13(28-3)9-18(14)29-4/h5-10,22H,1-4H3,(H2,23,24,25,26,27). The molecule has 0 unspecified atom stereocenters. The Balaban J connectivity index is 1.58. The van der Waals surface area contributed by atoms with Crippen molar-refractivity contribution in [1.82, 2.24) is 20.2 Å². The molecule has 0 aliphatic rings. The van der Waals surface area contributed by atoms with Crippen molar-refractivity contribution >= 4 is 22.8 Å². The van der Waals surface area contributed by atoms with E-state index in [1.807, 2.05) is 32.0 Å². The third-order valence-electron chi connectivity index (χ3n) is 4.71. The lowest BCUT2D eigenvalue weighted by Crippen LogP contribution is -2.13. The fourth-order valence-electron chi connectivity index (χ4n) is 3.32. The van der Waals surface area contributed by atoms with Gasteiger partial charge in [-0.2, -0.15) is 4.98 Å². The Morgan fingerprint density at radius 1 is 1.07 bits per heavy atom. The molecular weight excluding hydrogens is 370 g/mol. The Labute approximate surface area is 167 Å². The zero-order chi connectivity index (χ0) is 20.5. The number of methoxy groups -OCH3 is 2. The fraction of sp³-hybridized carbons (Fsp3) is 0.190. The van der Waals surface area contributed by atoms with Crippen molar-refractivity contribution in [2.75, 3.05) is 19.5 Å². The molecule has 4 aromatic rings. The molecule has 2 aromatic carbocycles. The summed E-state index contributed by atoms with van der Waals surface area (Å²) < 4.78 is 10.6. The van der Waals surface area contributed by atoms with E-state index in [1.165, 1.54) is 0 Å². The number of nitrogens with zero attached hydrogens (tertiary/aromatic N) is 2. The number of benzene rings is 2. The van der Waals surface area contributed by atoms with E-state index in [1.54, 1.807) is 26.4 Å². The van der Waals surface area contributed by atoms with Gasteiger partial charge < -0.3 is 14.5 Å². The van der Waals surface area contributed by atoms with E-state index in [4.69, 9.17) is 9.47 Å². The van der Waals surface area contributed by atoms with Gasteiger partial charge in [0.25, 0.3) is 5.91 Å². The van der Waals surface area contributed by atoms with Crippen LogP contribution in [0.3, 0.4) is 0 Å². The first-order chi connectivity index (χ1) is 14.0. The van der Waals surface area contributed by atoms with Gasteiger partial charge in [-0.3, -0.25) is 15.2 Å². The summed E-state index contributed by atoms with van der Waals surface area (Å²) in [6.07, 6.45) is 0. The van der Waals surface area contributed by atoms with Crippen molar-refractivity contribution in [3.8, 4) is 22.9 Å². The van der Waals surface area contributed by atoms with E-state index in [9.17, 15) is 4.79 Å². The van der Waals surface area contributed by atoms with Crippen LogP contribution in [0.1, 0.15) is 21.6 Å². The van der Waals surface area contributed by atoms with Crippen LogP contribution in [-0.2, 0) is 0 Å². The average Bonchev–Trinajstić information content (AvgIpc) is 3.34. The molecule has 0 saturated carbocycles. The van der Waals surface area contributed by atoms with Gasteiger partial charge in [0.15, 0.2) is 5.82 Å². The van der Waals surface area contributed by atoms with Crippen LogP contribution in [-0.4, -0.2) is 40.3 Å². The normalized spacial score (nSPS) is 10.9. The molecule has 2 heterocycles. The number of aryl methyl sites for hydroxylation is 2. The maximum atomic E-state index is 12.7. The fourth-order valence-corrected chi connectivity index (χ4v) is 3.32. The lowest BCUT2D eigenvalue weighted by molar-refractivity contribution is 0.102. The molecule has 0 saturated heterocycles. The highest BCUT2D eigenvalue weighted by atomic mass is 16.5. The van der Waals surface area contributed by atoms with Crippen LogP contribution in [0.15, 0.2) is 36.4 Å². The molecule has 0 spiro atoms. The minimum absolute atomic E-state index is 0.175. The van der Waals surface area contributed by atoms with E-state index in [2.05, 4.69) is 31.5 Å². The SMILES string of the molecule is COc1ccc(-c2nc(NC(=O)c3cc4c(C)cc(C)cc4[nH]3)n[nH]2)c(OC)c1. The number of aromatic nitrogens is 4. The number of anilines is 1. The topological polar surface area (TPSA) is 105 Å².